The van der Waals surface area contributed by atoms with E-state index in [2.05, 4.69) is 46.8 Å². The van der Waals surface area contributed by atoms with E-state index in [4.69, 9.17) is 5.14 Å². The number of hydrogen-bond acceptors (Lipinski definition) is 6. The van der Waals surface area contributed by atoms with Crippen LogP contribution in [-0.2, 0) is 4.18 Å². The van der Waals surface area contributed by atoms with Gasteiger partial charge in [-0.15, -0.1) is 0 Å². The van der Waals surface area contributed by atoms with E-state index in [9.17, 15) is 14.3 Å². The molecule has 0 aromatic heterocycles. The molecule has 0 saturated heterocycles. The second-order valence-electron chi connectivity index (χ2n) is 7.62. The van der Waals surface area contributed by atoms with Gasteiger partial charge < -0.3 is 14.6 Å². The van der Waals surface area contributed by atoms with Gasteiger partial charge in [0.25, 0.3) is 0 Å². The third kappa shape index (κ3) is 3.70. The molecule has 4 N–H and O–H groups in total. The smallest absolute Gasteiger partial charge is 0.354 e. The maximum absolute atomic E-state index is 14.3. The molecule has 3 atom stereocenters. The molecule has 0 amide bonds. The first-order valence-electron chi connectivity index (χ1n) is 9.74. The summed E-state index contributed by atoms with van der Waals surface area (Å²) >= 11 is 0.373. The fourth-order valence-corrected chi connectivity index (χ4v) is 4.10. The van der Waals surface area contributed by atoms with E-state index in [1.807, 2.05) is 6.92 Å². The van der Waals surface area contributed by atoms with Crippen LogP contribution in [0.15, 0.2) is 60.0 Å². The maximum atomic E-state index is 14.3. The lowest BCUT2D eigenvalue weighted by Crippen LogP contribution is -2.36. The monoisotopic (exact) mass is 426 g/mol. The quantitative estimate of drug-likeness (QED) is 0.438. The molecule has 7 heteroatoms. The minimum Gasteiger partial charge on any atom is -0.508 e. The molecule has 1 fully saturated rings. The minimum atomic E-state index is -0.843. The second-order valence-corrected chi connectivity index (χ2v) is 7.98. The maximum Gasteiger partial charge on any atom is 0.354 e. The van der Waals surface area contributed by atoms with Crippen molar-refractivity contribution in [2.24, 2.45) is 11.1 Å². The van der Waals surface area contributed by atoms with Crippen LogP contribution in [0.1, 0.15) is 59.3 Å². The normalized spacial score (nSPS) is 22.9. The highest BCUT2D eigenvalue weighted by Gasteiger charge is 2.47. The van der Waals surface area contributed by atoms with Crippen LogP contribution in [-0.4, -0.2) is 11.1 Å². The first-order valence-corrected chi connectivity index (χ1v) is 10.5. The molecule has 30 heavy (non-hydrogen) atoms. The third-order valence-electron chi connectivity index (χ3n) is 5.91. The fraction of sp³-hybridized carbons (Fsp3) is 0.261. The Morgan fingerprint density at radius 1 is 1.23 bits per heavy atom. The Bertz CT molecular complexity index is 1050. The van der Waals surface area contributed by atoms with Crippen molar-refractivity contribution in [2.45, 2.75) is 32.2 Å². The molecule has 1 aliphatic carbocycles. The van der Waals surface area contributed by atoms with Crippen molar-refractivity contribution in [3.63, 3.8) is 0 Å². The van der Waals surface area contributed by atoms with Crippen LogP contribution < -0.4 is 10.5 Å². The van der Waals surface area contributed by atoms with Gasteiger partial charge >= 0.3 is 5.97 Å². The van der Waals surface area contributed by atoms with Crippen LogP contribution in [0.5, 0.6) is 0 Å². The van der Waals surface area contributed by atoms with Crippen molar-refractivity contribution in [1.82, 2.24) is 5.32 Å². The Morgan fingerprint density at radius 3 is 2.53 bits per heavy atom. The van der Waals surface area contributed by atoms with Gasteiger partial charge in [0, 0.05) is 5.92 Å². The Labute approximate surface area is 179 Å². The Hall–Kier alpha value is -2.77. The Balaban J connectivity index is 1.44. The van der Waals surface area contributed by atoms with Crippen molar-refractivity contribution in [3.05, 3.63) is 88.1 Å². The Kier molecular flexibility index (Phi) is 5.58. The molecule has 1 saturated carbocycles. The zero-order valence-corrected chi connectivity index (χ0v) is 17.5. The molecule has 156 valence electrons. The Morgan fingerprint density at radius 2 is 1.93 bits per heavy atom. The van der Waals surface area contributed by atoms with Gasteiger partial charge in [0.1, 0.15) is 29.8 Å². The summed E-state index contributed by atoms with van der Waals surface area (Å²) in [7, 11) is 0. The molecule has 1 aliphatic heterocycles. The number of nitrogens with two attached hydrogens (primary N) is 1. The van der Waals surface area contributed by atoms with Crippen LogP contribution in [0, 0.1) is 11.7 Å². The minimum absolute atomic E-state index is 0.196. The van der Waals surface area contributed by atoms with Gasteiger partial charge in [0.2, 0.25) is 0 Å². The summed E-state index contributed by atoms with van der Waals surface area (Å²) in [5.41, 5.74) is 4.88. The predicted octanol–water partition coefficient (Wildman–Crippen LogP) is 5.15. The number of carbonyl (C=O) groups excluding carboxylic acids is 1. The summed E-state index contributed by atoms with van der Waals surface area (Å²) in [5.74, 6) is -0.703. The molecule has 2 aromatic carbocycles. The molecule has 4 rings (SSSR count). The summed E-state index contributed by atoms with van der Waals surface area (Å²) in [6, 6.07) is 12.2. The number of nitrogens with one attached hydrogen (secondary N) is 1. The lowest BCUT2D eigenvalue weighted by atomic mass is 9.93. The van der Waals surface area contributed by atoms with Crippen molar-refractivity contribution >= 4 is 23.8 Å². The molecular weight excluding hydrogens is 403 g/mol. The third-order valence-corrected chi connectivity index (χ3v) is 6.16. The number of aliphatic hydroxyl groups is 1. The highest BCUT2D eigenvalue weighted by Crippen LogP contribution is 2.55. The molecule has 2 aromatic rings. The van der Waals surface area contributed by atoms with Gasteiger partial charge in [-0.25, -0.2) is 14.3 Å². The van der Waals surface area contributed by atoms with E-state index in [-0.39, 0.29) is 17.2 Å². The zero-order chi connectivity index (χ0) is 21.4. The topological polar surface area (TPSA) is 84.6 Å². The number of hydrogen-bond donors (Lipinski definition) is 3. The van der Waals surface area contributed by atoms with Crippen LogP contribution in [0.25, 0.3) is 5.57 Å². The lowest BCUT2D eigenvalue weighted by molar-refractivity contribution is 0.0763. The number of aliphatic hydroxyl groups excluding tert-OH is 1. The van der Waals surface area contributed by atoms with Crippen molar-refractivity contribution in [2.75, 3.05) is 0 Å². The zero-order valence-electron chi connectivity index (χ0n) is 16.7. The van der Waals surface area contributed by atoms with Crippen LogP contribution in [0.4, 0.5) is 4.39 Å². The number of allylic oxidation sites excluding steroid dienone is 3. The highest BCUT2D eigenvalue weighted by molar-refractivity contribution is 7.92. The highest BCUT2D eigenvalue weighted by atomic mass is 32.2. The number of halogens is 1. The molecule has 2 unspecified atom stereocenters. The van der Waals surface area contributed by atoms with E-state index in [0.717, 1.165) is 12.1 Å². The van der Waals surface area contributed by atoms with Crippen LogP contribution in [0.2, 0.25) is 0 Å². The first kappa shape index (κ1) is 20.5. The largest absolute Gasteiger partial charge is 0.508 e. The van der Waals surface area contributed by atoms with Gasteiger partial charge in [-0.05, 0) is 60.6 Å². The van der Waals surface area contributed by atoms with Crippen molar-refractivity contribution < 1.29 is 18.5 Å². The SMILES string of the molecule is C/C=C(\C)c1ccc(C2CC2C2=C(O)[C@H](c3ccc(C(=O)OSN)c(F)c3)N2)cc1. The van der Waals surface area contributed by atoms with Gasteiger partial charge in [-0.1, -0.05) is 36.4 Å². The number of rotatable bonds is 6. The van der Waals surface area contributed by atoms with Crippen molar-refractivity contribution in [3.8, 4) is 0 Å². The molecule has 0 bridgehead atoms. The summed E-state index contributed by atoms with van der Waals surface area (Å²) in [4.78, 5) is 11.6. The molecule has 1 heterocycles. The molecule has 2 aliphatic rings. The van der Waals surface area contributed by atoms with E-state index in [1.165, 1.54) is 28.8 Å². The standard InChI is InChI=1S/C23H23FN2O3S/c1-3-12(2)13-4-6-14(7-5-13)17-11-18(17)21-22(27)20(26-21)15-8-9-16(19(24)10-15)23(28)29-30-25/h3-10,17-18,20,26-27H,11,25H2,1-2H3/b12-3+/t17?,18?,20-/m0/s1. The first-order chi connectivity index (χ1) is 14.4. The van der Waals surface area contributed by atoms with Crippen LogP contribution >= 0.6 is 12.2 Å². The number of carbonyl (C=O) groups is 1. The van der Waals surface area contributed by atoms with Gasteiger partial charge in [-0.3, -0.25) is 0 Å². The van der Waals surface area contributed by atoms with Gasteiger partial charge in [0.05, 0.1) is 11.3 Å². The lowest BCUT2D eigenvalue weighted by Gasteiger charge is -2.33. The fourth-order valence-electron chi connectivity index (χ4n) is 3.92. The van der Waals surface area contributed by atoms with E-state index in [0.29, 0.717) is 23.7 Å². The van der Waals surface area contributed by atoms with Crippen LogP contribution in [0.3, 0.4) is 0 Å². The van der Waals surface area contributed by atoms with E-state index in [1.54, 1.807) is 6.07 Å². The summed E-state index contributed by atoms with van der Waals surface area (Å²) in [5, 5.41) is 18.9. The van der Waals surface area contributed by atoms with Gasteiger partial charge in [0.15, 0.2) is 0 Å². The average Bonchev–Trinajstić information content (AvgIpc) is 3.52. The molecule has 5 nitrogen and oxygen atoms in total. The van der Waals surface area contributed by atoms with E-state index < -0.39 is 17.8 Å². The average molecular weight is 427 g/mol. The van der Waals surface area contributed by atoms with E-state index >= 15 is 0 Å². The summed E-state index contributed by atoms with van der Waals surface area (Å²) in [6.45, 7) is 4.12. The second kappa shape index (κ2) is 8.16. The molecule has 0 radical (unpaired) electrons. The molecular formula is C23H23FN2O3S. The van der Waals surface area contributed by atoms with Gasteiger partial charge in [-0.2, -0.15) is 0 Å². The predicted molar refractivity (Wildman–Crippen MR) is 116 cm³/mol. The molecule has 0 spiro atoms. The number of benzene rings is 2. The summed E-state index contributed by atoms with van der Waals surface area (Å²) in [6.07, 6.45) is 3.06. The van der Waals surface area contributed by atoms with Crippen molar-refractivity contribution in [1.29, 1.82) is 0 Å². The summed E-state index contributed by atoms with van der Waals surface area (Å²) < 4.78 is 18.8.